The molecule has 0 fully saturated rings. The van der Waals surface area contributed by atoms with E-state index in [0.717, 1.165) is 0 Å². The molecule has 0 heterocycles. The molecule has 0 saturated carbocycles. The lowest BCUT2D eigenvalue weighted by atomic mass is 10.1. The van der Waals surface area contributed by atoms with E-state index in [-0.39, 0.29) is 5.56 Å². The first-order valence-electron chi connectivity index (χ1n) is 3.85. The molecule has 13 heavy (non-hydrogen) atoms. The first-order valence-corrected chi connectivity index (χ1v) is 5.18. The van der Waals surface area contributed by atoms with Gasteiger partial charge < -0.3 is 0 Å². The Bertz CT molecular complexity index is 302. The van der Waals surface area contributed by atoms with Gasteiger partial charge in [-0.3, -0.25) is 0 Å². The summed E-state index contributed by atoms with van der Waals surface area (Å²) in [5.41, 5.74) is 0.107. The van der Waals surface area contributed by atoms with Crippen molar-refractivity contribution in [2.24, 2.45) is 0 Å². The van der Waals surface area contributed by atoms with Gasteiger partial charge in [-0.1, -0.05) is 0 Å². The van der Waals surface area contributed by atoms with E-state index >= 15 is 0 Å². The normalized spacial score (nSPS) is 10.5. The molecule has 0 amide bonds. The highest BCUT2D eigenvalue weighted by molar-refractivity contribution is 9.10. The molecule has 0 aliphatic carbocycles. The second kappa shape index (κ2) is 4.91. The van der Waals surface area contributed by atoms with Crippen LogP contribution in [0.1, 0.15) is 12.0 Å². The third-order valence-electron chi connectivity index (χ3n) is 1.70. The zero-order valence-electron chi connectivity index (χ0n) is 6.79. The summed E-state index contributed by atoms with van der Waals surface area (Å²) in [6, 6.07) is 2.60. The van der Waals surface area contributed by atoms with Crippen LogP contribution in [0.5, 0.6) is 0 Å². The quantitative estimate of drug-likeness (QED) is 0.577. The Kier molecular flexibility index (Phi) is 4.13. The van der Waals surface area contributed by atoms with Crippen LogP contribution >= 0.6 is 27.5 Å². The molecule has 0 N–H and O–H groups in total. The summed E-state index contributed by atoms with van der Waals surface area (Å²) in [4.78, 5) is 0. The van der Waals surface area contributed by atoms with Crippen molar-refractivity contribution < 1.29 is 8.78 Å². The zero-order valence-corrected chi connectivity index (χ0v) is 9.13. The predicted molar refractivity (Wildman–Crippen MR) is 53.1 cm³/mol. The number of hydrogen-bond donors (Lipinski definition) is 0. The van der Waals surface area contributed by atoms with E-state index < -0.39 is 11.6 Å². The number of benzene rings is 1. The molecule has 0 bridgehead atoms. The molecule has 4 heteroatoms. The first-order chi connectivity index (χ1) is 6.16. The van der Waals surface area contributed by atoms with E-state index in [2.05, 4.69) is 15.9 Å². The number of halogens is 4. The molecule has 1 aromatic carbocycles. The Labute approximate surface area is 89.0 Å². The third-order valence-corrected chi connectivity index (χ3v) is 2.58. The van der Waals surface area contributed by atoms with Gasteiger partial charge in [-0.15, -0.1) is 11.6 Å². The maximum atomic E-state index is 13.3. The molecular weight excluding hydrogens is 261 g/mol. The lowest BCUT2D eigenvalue weighted by Crippen LogP contribution is -1.97. The Hall–Kier alpha value is -0.150. The standard InChI is InChI=1S/C9H8BrClF2/c10-7-3-4-8(12)6(9(7)13)2-1-5-11/h3-4H,1-2,5H2. The Morgan fingerprint density at radius 1 is 1.31 bits per heavy atom. The van der Waals surface area contributed by atoms with E-state index in [1.54, 1.807) is 0 Å². The predicted octanol–water partition coefficient (Wildman–Crippen LogP) is 3.90. The first kappa shape index (κ1) is 10.9. The van der Waals surface area contributed by atoms with Crippen molar-refractivity contribution in [1.29, 1.82) is 0 Å². The lowest BCUT2D eigenvalue weighted by Gasteiger charge is -2.04. The SMILES string of the molecule is Fc1ccc(Br)c(F)c1CCCCl. The van der Waals surface area contributed by atoms with Crippen LogP contribution < -0.4 is 0 Å². The molecule has 0 unspecified atom stereocenters. The average Bonchev–Trinajstić information content (AvgIpc) is 2.12. The third kappa shape index (κ3) is 2.64. The van der Waals surface area contributed by atoms with Crippen LogP contribution in [-0.2, 0) is 6.42 Å². The van der Waals surface area contributed by atoms with Crippen molar-refractivity contribution in [3.8, 4) is 0 Å². The van der Waals surface area contributed by atoms with Crippen LogP contribution in [0, 0.1) is 11.6 Å². The molecule has 0 atom stereocenters. The van der Waals surface area contributed by atoms with E-state index in [9.17, 15) is 8.78 Å². The summed E-state index contributed by atoms with van der Waals surface area (Å²) < 4.78 is 26.6. The molecule has 0 saturated heterocycles. The Morgan fingerprint density at radius 2 is 2.00 bits per heavy atom. The molecule has 0 nitrogen and oxygen atoms in total. The second-order valence-corrected chi connectivity index (χ2v) is 3.85. The van der Waals surface area contributed by atoms with Crippen LogP contribution in [0.2, 0.25) is 0 Å². The van der Waals surface area contributed by atoms with Gasteiger partial charge in [0.1, 0.15) is 11.6 Å². The van der Waals surface area contributed by atoms with Gasteiger partial charge in [0.05, 0.1) is 4.47 Å². The number of rotatable bonds is 3. The van der Waals surface area contributed by atoms with Crippen molar-refractivity contribution in [2.45, 2.75) is 12.8 Å². The van der Waals surface area contributed by atoms with E-state index in [4.69, 9.17) is 11.6 Å². The fraction of sp³-hybridized carbons (Fsp3) is 0.333. The van der Waals surface area contributed by atoms with Gasteiger partial charge in [-0.2, -0.15) is 0 Å². The average molecular weight is 270 g/mol. The molecule has 72 valence electrons. The maximum absolute atomic E-state index is 13.3. The van der Waals surface area contributed by atoms with Crippen molar-refractivity contribution in [3.63, 3.8) is 0 Å². The largest absolute Gasteiger partial charge is 0.207 e. The number of hydrogen-bond acceptors (Lipinski definition) is 0. The minimum absolute atomic E-state index is 0.107. The van der Waals surface area contributed by atoms with Crippen LogP contribution in [0.3, 0.4) is 0 Å². The van der Waals surface area contributed by atoms with Crippen LogP contribution in [0.15, 0.2) is 16.6 Å². The van der Waals surface area contributed by atoms with Crippen LogP contribution in [0.25, 0.3) is 0 Å². The van der Waals surface area contributed by atoms with Gasteiger partial charge in [0.15, 0.2) is 0 Å². The fourth-order valence-corrected chi connectivity index (χ4v) is 1.55. The molecule has 1 aromatic rings. The van der Waals surface area contributed by atoms with Crippen molar-refractivity contribution in [2.75, 3.05) is 5.88 Å². The summed E-state index contributed by atoms with van der Waals surface area (Å²) >= 11 is 8.44. The highest BCUT2D eigenvalue weighted by atomic mass is 79.9. The topological polar surface area (TPSA) is 0 Å². The molecule has 0 aliphatic heterocycles. The highest BCUT2D eigenvalue weighted by Crippen LogP contribution is 2.22. The van der Waals surface area contributed by atoms with Gasteiger partial charge in [0.2, 0.25) is 0 Å². The monoisotopic (exact) mass is 268 g/mol. The lowest BCUT2D eigenvalue weighted by molar-refractivity contribution is 0.549. The smallest absolute Gasteiger partial charge is 0.143 e. The van der Waals surface area contributed by atoms with E-state index in [0.29, 0.717) is 23.2 Å². The van der Waals surface area contributed by atoms with E-state index in [1.807, 2.05) is 0 Å². The number of alkyl halides is 1. The van der Waals surface area contributed by atoms with Crippen LogP contribution in [0.4, 0.5) is 8.78 Å². The van der Waals surface area contributed by atoms with Crippen molar-refractivity contribution in [3.05, 3.63) is 33.8 Å². The molecule has 1 rings (SSSR count). The molecule has 0 radical (unpaired) electrons. The van der Waals surface area contributed by atoms with Crippen molar-refractivity contribution in [1.82, 2.24) is 0 Å². The summed E-state index contributed by atoms with van der Waals surface area (Å²) in [6.45, 7) is 0. The van der Waals surface area contributed by atoms with Crippen molar-refractivity contribution >= 4 is 27.5 Å². The summed E-state index contributed by atoms with van der Waals surface area (Å²) in [6.07, 6.45) is 0.909. The van der Waals surface area contributed by atoms with Crippen LogP contribution in [-0.4, -0.2) is 5.88 Å². The Morgan fingerprint density at radius 3 is 2.62 bits per heavy atom. The van der Waals surface area contributed by atoms with Gasteiger partial charge in [0, 0.05) is 11.4 Å². The minimum atomic E-state index is -0.523. The van der Waals surface area contributed by atoms with Gasteiger partial charge in [-0.25, -0.2) is 8.78 Å². The Balaban J connectivity index is 2.96. The van der Waals surface area contributed by atoms with Gasteiger partial charge >= 0.3 is 0 Å². The molecule has 0 aliphatic rings. The summed E-state index contributed by atoms with van der Waals surface area (Å²) in [5.74, 6) is -0.623. The summed E-state index contributed by atoms with van der Waals surface area (Å²) in [7, 11) is 0. The maximum Gasteiger partial charge on any atom is 0.143 e. The zero-order chi connectivity index (χ0) is 9.84. The summed E-state index contributed by atoms with van der Waals surface area (Å²) in [5, 5.41) is 0. The fourth-order valence-electron chi connectivity index (χ4n) is 1.04. The molecular formula is C9H8BrClF2. The van der Waals surface area contributed by atoms with E-state index in [1.165, 1.54) is 12.1 Å². The second-order valence-electron chi connectivity index (χ2n) is 2.61. The molecule has 0 aromatic heterocycles. The minimum Gasteiger partial charge on any atom is -0.207 e. The molecule has 0 spiro atoms. The highest BCUT2D eigenvalue weighted by Gasteiger charge is 2.11. The van der Waals surface area contributed by atoms with Gasteiger partial charge in [-0.05, 0) is 40.9 Å². The van der Waals surface area contributed by atoms with Gasteiger partial charge in [0.25, 0.3) is 0 Å².